The van der Waals surface area contributed by atoms with E-state index in [1.165, 1.54) is 0 Å². The predicted octanol–water partition coefficient (Wildman–Crippen LogP) is 4.02. The van der Waals surface area contributed by atoms with Gasteiger partial charge in [-0.2, -0.15) is 0 Å². The van der Waals surface area contributed by atoms with Gasteiger partial charge >= 0.3 is 0 Å². The zero-order valence-corrected chi connectivity index (χ0v) is 8.82. The fourth-order valence-electron chi connectivity index (χ4n) is 1.49. The Morgan fingerprint density at radius 3 is 2.20 bits per heavy atom. The fourth-order valence-corrected chi connectivity index (χ4v) is 1.63. The Labute approximate surface area is 94.0 Å². The standard InChI is InChI=1S/C13H10ClO/c14-13(15)12-8-4-7-11(9-12)10-5-2-1-3-6-10/h1-9,13H. The molecule has 15 heavy (non-hydrogen) atoms. The van der Waals surface area contributed by atoms with Crippen molar-refractivity contribution in [1.82, 2.24) is 0 Å². The number of halogens is 1. The van der Waals surface area contributed by atoms with Crippen LogP contribution in [0.5, 0.6) is 0 Å². The first-order valence-corrected chi connectivity index (χ1v) is 5.16. The molecule has 0 fully saturated rings. The van der Waals surface area contributed by atoms with Crippen molar-refractivity contribution in [3.8, 4) is 11.1 Å². The molecule has 1 radical (unpaired) electrons. The second-order valence-electron chi connectivity index (χ2n) is 3.31. The van der Waals surface area contributed by atoms with Gasteiger partial charge in [0.25, 0.3) is 0 Å². The second-order valence-corrected chi connectivity index (χ2v) is 3.70. The van der Waals surface area contributed by atoms with Gasteiger partial charge in [0.2, 0.25) is 0 Å². The molecule has 1 unspecified atom stereocenters. The average Bonchev–Trinajstić information content (AvgIpc) is 2.30. The minimum Gasteiger partial charge on any atom is -0.210 e. The Bertz CT molecular complexity index is 437. The first-order valence-electron chi connectivity index (χ1n) is 4.72. The highest BCUT2D eigenvalue weighted by atomic mass is 35.5. The molecule has 0 saturated carbocycles. The molecule has 0 amide bonds. The van der Waals surface area contributed by atoms with Crippen molar-refractivity contribution in [2.45, 2.75) is 5.56 Å². The molecule has 0 aliphatic heterocycles. The quantitative estimate of drug-likeness (QED) is 0.677. The summed E-state index contributed by atoms with van der Waals surface area (Å²) in [6.07, 6.45) is 0. The molecular formula is C13H10ClO. The van der Waals surface area contributed by atoms with Crippen molar-refractivity contribution in [2.24, 2.45) is 0 Å². The van der Waals surface area contributed by atoms with Crippen LogP contribution in [-0.4, -0.2) is 0 Å². The molecule has 75 valence electrons. The number of hydrogen-bond donors (Lipinski definition) is 0. The van der Waals surface area contributed by atoms with Crippen LogP contribution in [0, 0.1) is 0 Å². The monoisotopic (exact) mass is 217 g/mol. The van der Waals surface area contributed by atoms with E-state index in [0.29, 0.717) is 5.56 Å². The van der Waals surface area contributed by atoms with Crippen molar-refractivity contribution in [1.29, 1.82) is 0 Å². The maximum absolute atomic E-state index is 11.1. The maximum atomic E-state index is 11.1. The Kier molecular flexibility index (Phi) is 3.05. The van der Waals surface area contributed by atoms with Crippen LogP contribution in [-0.2, 0) is 5.11 Å². The molecule has 1 nitrogen and oxygen atoms in total. The molecule has 0 bridgehead atoms. The Balaban J connectivity index is 2.42. The van der Waals surface area contributed by atoms with Gasteiger partial charge in [-0.05, 0) is 22.8 Å². The van der Waals surface area contributed by atoms with E-state index >= 15 is 0 Å². The van der Waals surface area contributed by atoms with Gasteiger partial charge in [0.05, 0.1) is 0 Å². The lowest BCUT2D eigenvalue weighted by Gasteiger charge is -2.05. The minimum absolute atomic E-state index is 0.609. The highest BCUT2D eigenvalue weighted by Gasteiger charge is 2.05. The molecular weight excluding hydrogens is 208 g/mol. The lowest BCUT2D eigenvalue weighted by Crippen LogP contribution is -1.86. The lowest BCUT2D eigenvalue weighted by molar-refractivity contribution is 0.161. The van der Waals surface area contributed by atoms with Gasteiger partial charge in [-0.25, -0.2) is 5.11 Å². The molecule has 0 heterocycles. The summed E-state index contributed by atoms with van der Waals surface area (Å²) in [6, 6.07) is 17.3. The Morgan fingerprint density at radius 2 is 1.53 bits per heavy atom. The zero-order chi connectivity index (χ0) is 10.7. The summed E-state index contributed by atoms with van der Waals surface area (Å²) in [4.78, 5) is 0. The van der Waals surface area contributed by atoms with Gasteiger partial charge in [-0.3, -0.25) is 0 Å². The summed E-state index contributed by atoms with van der Waals surface area (Å²) in [7, 11) is 0. The van der Waals surface area contributed by atoms with Gasteiger partial charge in [-0.15, -0.1) is 0 Å². The number of rotatable bonds is 2. The first kappa shape index (κ1) is 10.2. The molecule has 2 aromatic rings. The van der Waals surface area contributed by atoms with E-state index in [1.54, 1.807) is 6.07 Å². The van der Waals surface area contributed by atoms with Crippen LogP contribution in [0.15, 0.2) is 54.6 Å². The molecule has 0 spiro atoms. The summed E-state index contributed by atoms with van der Waals surface area (Å²) in [5.41, 5.74) is 1.54. The summed E-state index contributed by atoms with van der Waals surface area (Å²) < 4.78 is 0. The minimum atomic E-state index is -1.19. The third-order valence-electron chi connectivity index (χ3n) is 2.26. The molecule has 0 saturated heterocycles. The van der Waals surface area contributed by atoms with Crippen LogP contribution in [0.3, 0.4) is 0 Å². The van der Waals surface area contributed by atoms with E-state index in [0.717, 1.165) is 11.1 Å². The predicted molar refractivity (Wildman–Crippen MR) is 61.2 cm³/mol. The normalized spacial score (nSPS) is 12.4. The Hall–Kier alpha value is -1.31. The van der Waals surface area contributed by atoms with E-state index in [4.69, 9.17) is 11.6 Å². The van der Waals surface area contributed by atoms with Crippen LogP contribution < -0.4 is 0 Å². The van der Waals surface area contributed by atoms with E-state index in [2.05, 4.69) is 0 Å². The van der Waals surface area contributed by atoms with Crippen LogP contribution >= 0.6 is 11.6 Å². The van der Waals surface area contributed by atoms with E-state index < -0.39 is 5.56 Å². The molecule has 1 atom stereocenters. The van der Waals surface area contributed by atoms with E-state index in [9.17, 15) is 5.11 Å². The molecule has 2 rings (SSSR count). The third kappa shape index (κ3) is 2.38. The van der Waals surface area contributed by atoms with Gasteiger partial charge in [0, 0.05) is 0 Å². The van der Waals surface area contributed by atoms with Crippen LogP contribution in [0.4, 0.5) is 0 Å². The van der Waals surface area contributed by atoms with E-state index in [-0.39, 0.29) is 0 Å². The highest BCUT2D eigenvalue weighted by molar-refractivity contribution is 6.19. The summed E-state index contributed by atoms with van der Waals surface area (Å²) >= 11 is 5.51. The van der Waals surface area contributed by atoms with Crippen LogP contribution in [0.2, 0.25) is 0 Å². The third-order valence-corrected chi connectivity index (χ3v) is 2.51. The van der Waals surface area contributed by atoms with Gasteiger partial charge in [-0.1, -0.05) is 60.1 Å². The molecule has 0 N–H and O–H groups in total. The van der Waals surface area contributed by atoms with Crippen molar-refractivity contribution in [3.63, 3.8) is 0 Å². The number of hydrogen-bond acceptors (Lipinski definition) is 0. The summed E-state index contributed by atoms with van der Waals surface area (Å²) in [5.74, 6) is 0. The molecule has 2 heteroatoms. The highest BCUT2D eigenvalue weighted by Crippen LogP contribution is 2.24. The number of alkyl halides is 1. The Morgan fingerprint density at radius 1 is 0.867 bits per heavy atom. The lowest BCUT2D eigenvalue weighted by atomic mass is 10.0. The largest absolute Gasteiger partial charge is 0.210 e. The second kappa shape index (κ2) is 4.47. The number of benzene rings is 2. The van der Waals surface area contributed by atoms with Gasteiger partial charge < -0.3 is 0 Å². The van der Waals surface area contributed by atoms with Crippen molar-refractivity contribution >= 4 is 11.6 Å². The molecule has 0 aliphatic rings. The molecule has 0 aromatic heterocycles. The van der Waals surface area contributed by atoms with Crippen LogP contribution in [0.1, 0.15) is 11.1 Å². The zero-order valence-electron chi connectivity index (χ0n) is 8.06. The SMILES string of the molecule is [O]C(Cl)c1cccc(-c2ccccc2)c1. The van der Waals surface area contributed by atoms with E-state index in [1.807, 2.05) is 48.5 Å². The molecule has 2 aromatic carbocycles. The smallest absolute Gasteiger partial charge is 0.191 e. The summed E-state index contributed by atoms with van der Waals surface area (Å²) in [6.45, 7) is 0. The topological polar surface area (TPSA) is 19.9 Å². The van der Waals surface area contributed by atoms with Crippen molar-refractivity contribution in [3.05, 3.63) is 60.2 Å². The molecule has 0 aliphatic carbocycles. The maximum Gasteiger partial charge on any atom is 0.191 e. The van der Waals surface area contributed by atoms with Gasteiger partial charge in [0.15, 0.2) is 5.56 Å². The fraction of sp³-hybridized carbons (Fsp3) is 0.0769. The van der Waals surface area contributed by atoms with Crippen molar-refractivity contribution in [2.75, 3.05) is 0 Å². The average molecular weight is 218 g/mol. The van der Waals surface area contributed by atoms with Crippen LogP contribution in [0.25, 0.3) is 11.1 Å². The first-order chi connectivity index (χ1) is 7.27. The van der Waals surface area contributed by atoms with Crippen molar-refractivity contribution < 1.29 is 5.11 Å². The summed E-state index contributed by atoms with van der Waals surface area (Å²) in [5, 5.41) is 11.1. The van der Waals surface area contributed by atoms with Gasteiger partial charge in [0.1, 0.15) is 0 Å².